The Morgan fingerprint density at radius 3 is 1.54 bits per heavy atom. The molecule has 1 rings (SSSR count). The number of carbonyl (C=O) groups is 9. The zero-order valence-corrected chi connectivity index (χ0v) is 45.8. The van der Waals surface area contributed by atoms with Crippen molar-refractivity contribution in [3.8, 4) is 0 Å². The Morgan fingerprint density at radius 1 is 0.500 bits per heavy atom. The molecule has 0 spiro atoms. The van der Waals surface area contributed by atoms with E-state index in [1.807, 2.05) is 13.8 Å². The number of nitrogens with one attached hydrogen (secondary N) is 8. The van der Waals surface area contributed by atoms with E-state index in [1.54, 1.807) is 58.0 Å². The smallest absolute Gasteiger partial charge is 0.245 e. The van der Waals surface area contributed by atoms with Crippen LogP contribution in [0.5, 0.6) is 0 Å². The molecule has 0 aromatic heterocycles. The van der Waals surface area contributed by atoms with Gasteiger partial charge < -0.3 is 59.1 Å². The Kier molecular flexibility index (Phi) is 34.1. The van der Waals surface area contributed by atoms with Gasteiger partial charge in [-0.1, -0.05) is 156 Å². The predicted molar refractivity (Wildman–Crippen MR) is 286 cm³/mol. The summed E-state index contributed by atoms with van der Waals surface area (Å²) in [5.41, 5.74) is 11.8. The Hall–Kier alpha value is -5.63. The molecule has 13 N–H and O–H groups in total. The second kappa shape index (κ2) is 38.0. The molecule has 9 atom stereocenters. The predicted octanol–water partition coefficient (Wildman–Crippen LogP) is 2.81. The van der Waals surface area contributed by atoms with E-state index in [0.717, 1.165) is 19.3 Å². The van der Waals surface area contributed by atoms with Gasteiger partial charge in [-0.3, -0.25) is 43.2 Å². The summed E-state index contributed by atoms with van der Waals surface area (Å²) >= 11 is 0. The molecule has 9 amide bonds. The minimum absolute atomic E-state index is 0.0643. The van der Waals surface area contributed by atoms with Gasteiger partial charge in [-0.2, -0.15) is 0 Å². The molecular formula is C54H94N10O10. The number of rotatable bonds is 40. The third-order valence-corrected chi connectivity index (χ3v) is 13.3. The average Bonchev–Trinajstić information content (AvgIpc) is 3.36. The Bertz CT molecular complexity index is 1870. The van der Waals surface area contributed by atoms with Gasteiger partial charge >= 0.3 is 0 Å². The lowest BCUT2D eigenvalue weighted by molar-refractivity contribution is -0.137. The zero-order valence-electron chi connectivity index (χ0n) is 45.8. The quantitative estimate of drug-likeness (QED) is 0.0425. The van der Waals surface area contributed by atoms with Gasteiger partial charge in [0.2, 0.25) is 53.2 Å². The Morgan fingerprint density at radius 2 is 1.00 bits per heavy atom. The van der Waals surface area contributed by atoms with E-state index in [2.05, 4.69) is 49.5 Å². The van der Waals surface area contributed by atoms with Crippen molar-refractivity contribution >= 4 is 53.2 Å². The minimum atomic E-state index is -1.62. The summed E-state index contributed by atoms with van der Waals surface area (Å²) in [5.74, 6) is -7.36. The third-order valence-electron chi connectivity index (χ3n) is 13.3. The lowest BCUT2D eigenvalue weighted by Crippen LogP contribution is -2.62. The van der Waals surface area contributed by atoms with Gasteiger partial charge in [-0.05, 0) is 62.5 Å². The zero-order chi connectivity index (χ0) is 55.6. The van der Waals surface area contributed by atoms with Crippen LogP contribution in [0.3, 0.4) is 0 Å². The van der Waals surface area contributed by atoms with Gasteiger partial charge in [0.05, 0.1) is 19.2 Å². The van der Waals surface area contributed by atoms with E-state index < -0.39 is 102 Å². The molecule has 1 aromatic carbocycles. The molecule has 0 radical (unpaired) electrons. The molecule has 20 heteroatoms. The normalized spacial score (nSPS) is 14.9. The van der Waals surface area contributed by atoms with Crippen LogP contribution in [0.25, 0.3) is 0 Å². The van der Waals surface area contributed by atoms with Crippen molar-refractivity contribution in [2.75, 3.05) is 19.6 Å². The second-order valence-electron chi connectivity index (χ2n) is 20.1. The molecule has 0 aliphatic rings. The molecule has 0 fully saturated rings. The SMILES string of the molecule is CCCCCCCCCCCCCC(=O)NCC(=O)N[C@H](C(=O)N[C@H](C(=O)N[C@H](C(=O)N[C@@H](Cc1ccccc1)C(=O)NCC(=O)N[C@@H](CCCCN)C(=O)N[C@H](C(N)=O)[C@@H](C)CC)[C@@H](C)O)C(C)C)[C@@H](C)CC. The van der Waals surface area contributed by atoms with Gasteiger partial charge in [0.15, 0.2) is 0 Å². The molecule has 0 saturated heterocycles. The number of primary amides is 1. The highest BCUT2D eigenvalue weighted by Crippen LogP contribution is 2.14. The van der Waals surface area contributed by atoms with Crippen LogP contribution < -0.4 is 54.0 Å². The summed E-state index contributed by atoms with van der Waals surface area (Å²) in [4.78, 5) is 120. The molecule has 0 aliphatic heterocycles. The average molecular weight is 1040 g/mol. The summed E-state index contributed by atoms with van der Waals surface area (Å²) in [6.45, 7) is 13.4. The fraction of sp³-hybridized carbons (Fsp3) is 0.722. The van der Waals surface area contributed by atoms with Gasteiger partial charge in [-0.25, -0.2) is 0 Å². The maximum absolute atomic E-state index is 14.0. The van der Waals surface area contributed by atoms with Crippen molar-refractivity contribution < 1.29 is 48.3 Å². The second-order valence-corrected chi connectivity index (χ2v) is 20.1. The Labute approximate surface area is 440 Å². The van der Waals surface area contributed by atoms with Gasteiger partial charge in [0.25, 0.3) is 0 Å². The number of carbonyl (C=O) groups excluding carboxylic acids is 9. The maximum atomic E-state index is 14.0. The summed E-state index contributed by atoms with van der Waals surface area (Å²) < 4.78 is 0. The van der Waals surface area contributed by atoms with Crippen LogP contribution in [-0.4, -0.2) is 120 Å². The largest absolute Gasteiger partial charge is 0.391 e. The number of aliphatic hydroxyl groups excluding tert-OH is 1. The van der Waals surface area contributed by atoms with Crippen molar-refractivity contribution in [3.63, 3.8) is 0 Å². The molecule has 0 aliphatic carbocycles. The van der Waals surface area contributed by atoms with Crippen molar-refractivity contribution in [2.45, 2.75) is 213 Å². The Balaban J connectivity index is 3.04. The molecule has 1 aromatic rings. The molecule has 0 saturated carbocycles. The monoisotopic (exact) mass is 1040 g/mol. The first-order valence-corrected chi connectivity index (χ1v) is 27.3. The molecule has 420 valence electrons. The molecular weight excluding hydrogens is 949 g/mol. The highest BCUT2D eigenvalue weighted by molar-refractivity contribution is 5.97. The molecule has 0 heterocycles. The van der Waals surface area contributed by atoms with Crippen LogP contribution in [0.1, 0.15) is 170 Å². The van der Waals surface area contributed by atoms with E-state index >= 15 is 0 Å². The van der Waals surface area contributed by atoms with Crippen LogP contribution >= 0.6 is 0 Å². The highest BCUT2D eigenvalue weighted by atomic mass is 16.3. The number of unbranched alkanes of at least 4 members (excludes halogenated alkanes) is 11. The van der Waals surface area contributed by atoms with Gasteiger partial charge in [0, 0.05) is 12.8 Å². The van der Waals surface area contributed by atoms with Gasteiger partial charge in [-0.15, -0.1) is 0 Å². The maximum Gasteiger partial charge on any atom is 0.245 e. The first-order valence-electron chi connectivity index (χ1n) is 27.3. The van der Waals surface area contributed by atoms with E-state index in [9.17, 15) is 48.3 Å². The number of hydrogen-bond donors (Lipinski definition) is 11. The van der Waals surface area contributed by atoms with Crippen LogP contribution in [0, 0.1) is 17.8 Å². The third kappa shape index (κ3) is 27.1. The summed E-state index contributed by atoms with van der Waals surface area (Å²) in [6.07, 6.45) is 13.6. The number of nitrogens with two attached hydrogens (primary N) is 2. The molecule has 0 unspecified atom stereocenters. The van der Waals surface area contributed by atoms with E-state index in [4.69, 9.17) is 11.5 Å². The number of hydrogen-bond acceptors (Lipinski definition) is 11. The minimum Gasteiger partial charge on any atom is -0.391 e. The first kappa shape index (κ1) is 66.4. The first-order chi connectivity index (χ1) is 35.2. The van der Waals surface area contributed by atoms with Crippen LogP contribution in [-0.2, 0) is 49.6 Å². The van der Waals surface area contributed by atoms with Crippen LogP contribution in [0.15, 0.2) is 30.3 Å². The number of amides is 9. The van der Waals surface area contributed by atoms with E-state index in [1.165, 1.54) is 51.9 Å². The standard InChI is InChI=1S/C54H94N10O10/c1-9-12-13-14-15-16-17-18-19-20-24-30-42(66)57-33-44(68)61-47(37(7)11-3)53(73)62-45(35(4)5)52(72)64-48(38(8)65)54(74)60-41(32-39-27-22-21-23-28-39)50(70)58-34-43(67)59-40(29-25-26-31-55)51(71)63-46(49(56)69)36(6)10-2/h21-23,27-28,35-38,40-41,45-48,65H,9-20,24-26,29-34,55H2,1-8H3,(H2,56,69)(H,57,66)(H,58,70)(H,59,67)(H,60,74)(H,61,68)(H,62,73)(H,63,71)(H,64,72)/t36-,37-,38+,40-,41-,45-,46-,47-,48-/m0/s1. The van der Waals surface area contributed by atoms with Crippen LogP contribution in [0.2, 0.25) is 0 Å². The summed E-state index contributed by atoms with van der Waals surface area (Å²) in [7, 11) is 0. The lowest BCUT2D eigenvalue weighted by Gasteiger charge is -2.30. The fourth-order valence-electron chi connectivity index (χ4n) is 8.17. The van der Waals surface area contributed by atoms with Crippen molar-refractivity contribution in [1.29, 1.82) is 0 Å². The van der Waals surface area contributed by atoms with Gasteiger partial charge in [0.1, 0.15) is 36.3 Å². The molecule has 74 heavy (non-hydrogen) atoms. The number of aliphatic hydroxyl groups is 1. The molecule has 20 nitrogen and oxygen atoms in total. The topological polar surface area (TPSA) is 322 Å². The highest BCUT2D eigenvalue weighted by Gasteiger charge is 2.36. The van der Waals surface area contributed by atoms with E-state index in [0.29, 0.717) is 44.2 Å². The summed E-state index contributed by atoms with van der Waals surface area (Å²) in [5, 5.41) is 31.7. The van der Waals surface area contributed by atoms with Crippen molar-refractivity contribution in [1.82, 2.24) is 42.5 Å². The van der Waals surface area contributed by atoms with Crippen LogP contribution in [0.4, 0.5) is 0 Å². The van der Waals surface area contributed by atoms with Crippen molar-refractivity contribution in [3.05, 3.63) is 35.9 Å². The van der Waals surface area contributed by atoms with E-state index in [-0.39, 0.29) is 43.6 Å². The van der Waals surface area contributed by atoms with Crippen molar-refractivity contribution in [2.24, 2.45) is 29.2 Å². The number of benzene rings is 1. The summed E-state index contributed by atoms with van der Waals surface area (Å²) in [6, 6.07) is 1.32. The molecule has 0 bridgehead atoms. The fourth-order valence-corrected chi connectivity index (χ4v) is 8.17. The lowest BCUT2D eigenvalue weighted by atomic mass is 9.96.